The maximum atomic E-state index is 11.8. The van der Waals surface area contributed by atoms with Crippen molar-refractivity contribution in [2.45, 2.75) is 52.7 Å². The van der Waals surface area contributed by atoms with Gasteiger partial charge >= 0.3 is 11.9 Å². The lowest BCUT2D eigenvalue weighted by atomic mass is 10.0. The highest BCUT2D eigenvalue weighted by molar-refractivity contribution is 5.88. The van der Waals surface area contributed by atoms with Gasteiger partial charge < -0.3 is 9.47 Å². The van der Waals surface area contributed by atoms with Gasteiger partial charge in [-0.25, -0.2) is 9.59 Å². The van der Waals surface area contributed by atoms with E-state index >= 15 is 0 Å². The fourth-order valence-corrected chi connectivity index (χ4v) is 2.57. The SMILES string of the molecule is CC(C)(C)OC(=O)/C=C/c1ccc(-c2ccc(/C=C/C(=O)OC(C)(C)C)cc2)cc1. The van der Waals surface area contributed by atoms with Gasteiger partial charge in [-0.05, 0) is 75.9 Å². The van der Waals surface area contributed by atoms with Crippen LogP contribution >= 0.6 is 0 Å². The average molecular weight is 407 g/mol. The summed E-state index contributed by atoms with van der Waals surface area (Å²) in [5, 5.41) is 0. The summed E-state index contributed by atoms with van der Waals surface area (Å²) >= 11 is 0. The molecule has 0 aromatic heterocycles. The molecule has 0 unspecified atom stereocenters. The Bertz CT molecular complexity index is 839. The van der Waals surface area contributed by atoms with Crippen LogP contribution in [0.5, 0.6) is 0 Å². The van der Waals surface area contributed by atoms with E-state index in [0.29, 0.717) is 0 Å². The molecule has 0 aliphatic rings. The smallest absolute Gasteiger partial charge is 0.331 e. The molecule has 2 rings (SSSR count). The van der Waals surface area contributed by atoms with Gasteiger partial charge in [0, 0.05) is 12.2 Å². The second-order valence-corrected chi connectivity index (χ2v) is 8.98. The molecule has 0 aliphatic carbocycles. The summed E-state index contributed by atoms with van der Waals surface area (Å²) in [6, 6.07) is 15.8. The van der Waals surface area contributed by atoms with Gasteiger partial charge in [0.25, 0.3) is 0 Å². The first-order valence-corrected chi connectivity index (χ1v) is 9.94. The Morgan fingerprint density at radius 2 is 0.900 bits per heavy atom. The molecule has 0 aliphatic heterocycles. The summed E-state index contributed by atoms with van der Waals surface area (Å²) in [5.41, 5.74) is 2.96. The van der Waals surface area contributed by atoms with Gasteiger partial charge in [0.2, 0.25) is 0 Å². The first-order valence-electron chi connectivity index (χ1n) is 9.94. The molecule has 2 aromatic rings. The summed E-state index contributed by atoms with van der Waals surface area (Å²) in [7, 11) is 0. The molecular formula is C26H30O4. The first kappa shape index (κ1) is 23.1. The number of hydrogen-bond donors (Lipinski definition) is 0. The Balaban J connectivity index is 2.00. The Morgan fingerprint density at radius 1 is 0.600 bits per heavy atom. The third-order valence-electron chi connectivity index (χ3n) is 3.79. The second-order valence-electron chi connectivity index (χ2n) is 8.98. The van der Waals surface area contributed by atoms with Crippen LogP contribution in [0.2, 0.25) is 0 Å². The van der Waals surface area contributed by atoms with Crippen LogP contribution in [0.25, 0.3) is 23.3 Å². The Labute approximate surface area is 179 Å². The molecule has 4 nitrogen and oxygen atoms in total. The topological polar surface area (TPSA) is 52.6 Å². The minimum Gasteiger partial charge on any atom is -0.457 e. The zero-order valence-corrected chi connectivity index (χ0v) is 18.6. The maximum Gasteiger partial charge on any atom is 0.331 e. The first-order chi connectivity index (χ1) is 13.9. The number of rotatable bonds is 5. The lowest BCUT2D eigenvalue weighted by Gasteiger charge is -2.17. The van der Waals surface area contributed by atoms with Gasteiger partial charge in [-0.3, -0.25) is 0 Å². The van der Waals surface area contributed by atoms with E-state index in [9.17, 15) is 9.59 Å². The molecule has 2 aromatic carbocycles. The molecule has 0 saturated carbocycles. The van der Waals surface area contributed by atoms with Crippen LogP contribution in [0, 0.1) is 0 Å². The third kappa shape index (κ3) is 8.48. The van der Waals surface area contributed by atoms with E-state index in [1.54, 1.807) is 12.2 Å². The Hall–Kier alpha value is -3.14. The highest BCUT2D eigenvalue weighted by Crippen LogP contribution is 2.21. The number of esters is 2. The average Bonchev–Trinajstić information content (AvgIpc) is 2.63. The number of benzene rings is 2. The molecule has 0 fully saturated rings. The van der Waals surface area contributed by atoms with Gasteiger partial charge in [0.1, 0.15) is 11.2 Å². The molecule has 0 spiro atoms. The van der Waals surface area contributed by atoms with Crippen molar-refractivity contribution < 1.29 is 19.1 Å². The Kier molecular flexibility index (Phi) is 7.38. The van der Waals surface area contributed by atoms with Crippen LogP contribution in [0.1, 0.15) is 52.7 Å². The molecular weight excluding hydrogens is 376 g/mol. The zero-order valence-electron chi connectivity index (χ0n) is 18.6. The lowest BCUT2D eigenvalue weighted by Crippen LogP contribution is -2.22. The van der Waals surface area contributed by atoms with Crippen molar-refractivity contribution in [2.24, 2.45) is 0 Å². The fourth-order valence-electron chi connectivity index (χ4n) is 2.57. The molecule has 0 saturated heterocycles. The minimum absolute atomic E-state index is 0.360. The van der Waals surface area contributed by atoms with Crippen molar-refractivity contribution in [3.63, 3.8) is 0 Å². The monoisotopic (exact) mass is 406 g/mol. The van der Waals surface area contributed by atoms with Crippen LogP contribution in [0.4, 0.5) is 0 Å². The van der Waals surface area contributed by atoms with Crippen LogP contribution in [0.3, 0.4) is 0 Å². The minimum atomic E-state index is -0.500. The number of hydrogen-bond acceptors (Lipinski definition) is 4. The molecule has 0 heterocycles. The molecule has 0 bridgehead atoms. The summed E-state index contributed by atoms with van der Waals surface area (Å²) in [5.74, 6) is -0.719. The highest BCUT2D eigenvalue weighted by Gasteiger charge is 2.14. The fraction of sp³-hybridized carbons (Fsp3) is 0.308. The summed E-state index contributed by atoms with van der Waals surface area (Å²) in [4.78, 5) is 23.5. The van der Waals surface area contributed by atoms with Gasteiger partial charge in [0.15, 0.2) is 0 Å². The van der Waals surface area contributed by atoms with E-state index in [-0.39, 0.29) is 11.9 Å². The molecule has 0 amide bonds. The van der Waals surface area contributed by atoms with E-state index in [2.05, 4.69) is 0 Å². The van der Waals surface area contributed by atoms with Crippen molar-refractivity contribution >= 4 is 24.1 Å². The molecule has 0 radical (unpaired) electrons. The highest BCUT2D eigenvalue weighted by atomic mass is 16.6. The van der Waals surface area contributed by atoms with Gasteiger partial charge in [-0.15, -0.1) is 0 Å². The normalized spacial score (nSPS) is 12.3. The molecule has 4 heteroatoms. The maximum absolute atomic E-state index is 11.8. The van der Waals surface area contributed by atoms with E-state index in [1.165, 1.54) is 12.2 Å². The zero-order chi connectivity index (χ0) is 22.4. The van der Waals surface area contributed by atoms with Crippen molar-refractivity contribution in [2.75, 3.05) is 0 Å². The van der Waals surface area contributed by atoms with Gasteiger partial charge in [-0.1, -0.05) is 48.5 Å². The van der Waals surface area contributed by atoms with E-state index in [0.717, 1.165) is 22.3 Å². The Morgan fingerprint density at radius 3 is 1.17 bits per heavy atom. The summed E-state index contributed by atoms with van der Waals surface area (Å²) < 4.78 is 10.5. The van der Waals surface area contributed by atoms with Crippen molar-refractivity contribution in [3.8, 4) is 11.1 Å². The van der Waals surface area contributed by atoms with Crippen molar-refractivity contribution in [1.82, 2.24) is 0 Å². The standard InChI is InChI=1S/C26H30O4/c1-25(2,3)29-23(27)17-11-19-7-13-21(14-8-19)22-15-9-20(10-16-22)12-18-24(28)30-26(4,5)6/h7-18H,1-6H3/b17-11+,18-12+. The van der Waals surface area contributed by atoms with Crippen LogP contribution in [0.15, 0.2) is 60.7 Å². The van der Waals surface area contributed by atoms with Crippen LogP contribution in [-0.4, -0.2) is 23.1 Å². The van der Waals surface area contributed by atoms with Gasteiger partial charge in [0.05, 0.1) is 0 Å². The van der Waals surface area contributed by atoms with E-state index in [1.807, 2.05) is 90.1 Å². The summed E-state index contributed by atoms with van der Waals surface area (Å²) in [6.45, 7) is 11.0. The summed E-state index contributed by atoms with van der Waals surface area (Å²) in [6.07, 6.45) is 6.35. The van der Waals surface area contributed by atoms with E-state index in [4.69, 9.17) is 9.47 Å². The van der Waals surface area contributed by atoms with E-state index < -0.39 is 11.2 Å². The quantitative estimate of drug-likeness (QED) is 0.447. The molecule has 30 heavy (non-hydrogen) atoms. The van der Waals surface area contributed by atoms with Gasteiger partial charge in [-0.2, -0.15) is 0 Å². The van der Waals surface area contributed by atoms with Crippen molar-refractivity contribution in [3.05, 3.63) is 71.8 Å². The predicted molar refractivity (Wildman–Crippen MR) is 122 cm³/mol. The second kappa shape index (κ2) is 9.57. The van der Waals surface area contributed by atoms with Crippen molar-refractivity contribution in [1.29, 1.82) is 0 Å². The number of ether oxygens (including phenoxy) is 2. The molecule has 158 valence electrons. The molecule has 0 N–H and O–H groups in total. The number of carbonyl (C=O) groups excluding carboxylic acids is 2. The lowest BCUT2D eigenvalue weighted by molar-refractivity contribution is -0.149. The van der Waals surface area contributed by atoms with Crippen LogP contribution in [-0.2, 0) is 19.1 Å². The predicted octanol–water partition coefficient (Wildman–Crippen LogP) is 6.06. The number of carbonyl (C=O) groups is 2. The third-order valence-corrected chi connectivity index (χ3v) is 3.79. The largest absolute Gasteiger partial charge is 0.457 e. The molecule has 0 atom stereocenters. The van der Waals surface area contributed by atoms with Crippen LogP contribution < -0.4 is 0 Å².